The summed E-state index contributed by atoms with van der Waals surface area (Å²) >= 11 is 0. The van der Waals surface area contributed by atoms with Gasteiger partial charge in [-0.1, -0.05) is 41.5 Å². The first-order chi connectivity index (χ1) is 16.5. The average molecular weight is 476 g/mol. The molecule has 0 radical (unpaired) electrons. The van der Waals surface area contributed by atoms with Gasteiger partial charge in [0.05, 0.1) is 17.2 Å². The van der Waals surface area contributed by atoms with E-state index in [1.807, 2.05) is 52.8 Å². The summed E-state index contributed by atoms with van der Waals surface area (Å²) in [6.07, 6.45) is -0.790. The van der Waals surface area contributed by atoms with Crippen molar-refractivity contribution in [1.29, 1.82) is 0 Å². The van der Waals surface area contributed by atoms with Crippen molar-refractivity contribution in [2.45, 2.75) is 52.9 Å². The van der Waals surface area contributed by atoms with E-state index in [1.54, 1.807) is 48.5 Å². The first-order valence-corrected chi connectivity index (χ1v) is 11.6. The number of benzene rings is 3. The van der Waals surface area contributed by atoms with Crippen LogP contribution >= 0.6 is 0 Å². The van der Waals surface area contributed by atoms with Gasteiger partial charge in [0.2, 0.25) is 0 Å². The monoisotopic (exact) mass is 475 g/mol. The fraction of sp³-hybridized carbons (Fsp3) is 0.310. The third-order valence-electron chi connectivity index (χ3n) is 5.40. The molecular weight excluding hydrogens is 442 g/mol. The quantitative estimate of drug-likeness (QED) is 0.340. The maximum Gasteiger partial charge on any atom is 0.343 e. The van der Waals surface area contributed by atoms with Gasteiger partial charge in [-0.3, -0.25) is 0 Å². The number of hydrogen-bond acceptors (Lipinski definition) is 6. The first-order valence-electron chi connectivity index (χ1n) is 11.6. The second kappa shape index (κ2) is 11.3. The van der Waals surface area contributed by atoms with Crippen molar-refractivity contribution in [3.63, 3.8) is 0 Å². The van der Waals surface area contributed by atoms with Crippen molar-refractivity contribution in [1.82, 2.24) is 5.32 Å². The topological polar surface area (TPSA) is 84.9 Å². The number of carbonyl (C=O) groups excluding carboxylic acids is 2. The lowest BCUT2D eigenvalue weighted by molar-refractivity contribution is 0.0469. The van der Waals surface area contributed by atoms with Gasteiger partial charge in [0, 0.05) is 17.6 Å². The van der Waals surface area contributed by atoms with Gasteiger partial charge in [0.1, 0.15) is 12.4 Å². The van der Waals surface area contributed by atoms with Crippen LogP contribution in [0.15, 0.2) is 66.7 Å². The highest BCUT2D eigenvalue weighted by atomic mass is 16.5. The summed E-state index contributed by atoms with van der Waals surface area (Å²) in [5.74, 6) is -0.725. The minimum absolute atomic E-state index is 0.115. The fourth-order valence-electron chi connectivity index (χ4n) is 3.39. The highest BCUT2D eigenvalue weighted by Gasteiger charge is 2.18. The van der Waals surface area contributed by atoms with Gasteiger partial charge in [-0.25, -0.2) is 9.59 Å². The van der Waals surface area contributed by atoms with Crippen LogP contribution in [-0.4, -0.2) is 29.1 Å². The molecule has 0 spiro atoms. The molecule has 3 aromatic carbocycles. The van der Waals surface area contributed by atoms with Gasteiger partial charge in [-0.15, -0.1) is 0 Å². The Kier molecular flexibility index (Phi) is 8.43. The van der Waals surface area contributed by atoms with E-state index in [1.165, 1.54) is 0 Å². The van der Waals surface area contributed by atoms with Crippen LogP contribution in [0.1, 0.15) is 69.8 Å². The number of esters is 2. The van der Waals surface area contributed by atoms with E-state index in [2.05, 4.69) is 5.32 Å². The Bertz CT molecular complexity index is 1180. The number of carbonyl (C=O) groups is 2. The van der Waals surface area contributed by atoms with Crippen LogP contribution < -0.4 is 10.1 Å². The minimum Gasteiger partial charge on any atom is -0.457 e. The maximum atomic E-state index is 12.8. The Labute approximate surface area is 206 Å². The summed E-state index contributed by atoms with van der Waals surface area (Å²) in [7, 11) is 0. The molecule has 2 N–H and O–H groups in total. The molecule has 0 aromatic heterocycles. The summed E-state index contributed by atoms with van der Waals surface area (Å²) in [5.41, 5.74) is 3.79. The van der Waals surface area contributed by atoms with Gasteiger partial charge in [0.15, 0.2) is 0 Å². The molecule has 6 heteroatoms. The predicted octanol–water partition coefficient (Wildman–Crippen LogP) is 5.30. The number of hydrogen-bond donors (Lipinski definition) is 2. The second-order valence-electron chi connectivity index (χ2n) is 9.72. The summed E-state index contributed by atoms with van der Waals surface area (Å²) in [4.78, 5) is 25.3. The third-order valence-corrected chi connectivity index (χ3v) is 5.40. The number of nitrogens with one attached hydrogen (secondary N) is 1. The van der Waals surface area contributed by atoms with Crippen molar-refractivity contribution >= 4 is 11.9 Å². The molecule has 0 saturated heterocycles. The van der Waals surface area contributed by atoms with Crippen LogP contribution in [0.5, 0.6) is 5.75 Å². The lowest BCUT2D eigenvalue weighted by atomic mass is 10.0. The average Bonchev–Trinajstić information content (AvgIpc) is 2.81. The van der Waals surface area contributed by atoms with Crippen molar-refractivity contribution in [2.75, 3.05) is 6.54 Å². The number of aliphatic hydroxyl groups excluding tert-OH is 1. The van der Waals surface area contributed by atoms with E-state index >= 15 is 0 Å². The zero-order chi connectivity index (χ0) is 25.6. The van der Waals surface area contributed by atoms with E-state index in [9.17, 15) is 14.7 Å². The molecule has 0 aliphatic heterocycles. The van der Waals surface area contributed by atoms with Crippen LogP contribution in [0.3, 0.4) is 0 Å². The van der Waals surface area contributed by atoms with E-state index < -0.39 is 18.0 Å². The molecule has 0 bridgehead atoms. The predicted molar refractivity (Wildman–Crippen MR) is 136 cm³/mol. The largest absolute Gasteiger partial charge is 0.457 e. The van der Waals surface area contributed by atoms with E-state index in [0.717, 1.165) is 11.1 Å². The number of rotatable bonds is 8. The Morgan fingerprint density at radius 1 is 0.886 bits per heavy atom. The number of aliphatic hydroxyl groups is 1. The molecule has 3 aromatic rings. The molecule has 1 atom stereocenters. The summed E-state index contributed by atoms with van der Waals surface area (Å²) in [6, 6.07) is 19.2. The highest BCUT2D eigenvalue weighted by molar-refractivity contribution is 5.91. The Morgan fingerprint density at radius 2 is 1.60 bits per heavy atom. The summed E-state index contributed by atoms with van der Waals surface area (Å²) in [5, 5.41) is 14.0. The standard InChI is InChI=1S/C29H33NO5/c1-19-9-11-21(12-10-19)27(32)34-18-24-16-22(25(31)17-30-29(3,4)5)13-14-26(24)35-28(33)23-8-6-7-20(2)15-23/h6-16,25,30-31H,17-18H2,1-5H3. The minimum atomic E-state index is -0.790. The first kappa shape index (κ1) is 26.1. The Hall–Kier alpha value is -3.48. The van der Waals surface area contributed by atoms with Crippen LogP contribution in [0.2, 0.25) is 0 Å². The van der Waals surface area contributed by atoms with Crippen molar-refractivity contribution in [3.8, 4) is 5.75 Å². The molecule has 0 aliphatic rings. The second-order valence-corrected chi connectivity index (χ2v) is 9.72. The van der Waals surface area contributed by atoms with Crippen LogP contribution in [0, 0.1) is 13.8 Å². The zero-order valence-corrected chi connectivity index (χ0v) is 20.9. The molecule has 0 fully saturated rings. The van der Waals surface area contributed by atoms with Crippen molar-refractivity contribution in [2.24, 2.45) is 0 Å². The smallest absolute Gasteiger partial charge is 0.343 e. The lowest BCUT2D eigenvalue weighted by Gasteiger charge is -2.23. The van der Waals surface area contributed by atoms with Gasteiger partial charge < -0.3 is 19.9 Å². The molecule has 0 heterocycles. The maximum absolute atomic E-state index is 12.8. The molecule has 184 valence electrons. The van der Waals surface area contributed by atoms with Gasteiger partial charge in [-0.2, -0.15) is 0 Å². The molecule has 3 rings (SSSR count). The zero-order valence-electron chi connectivity index (χ0n) is 20.9. The summed E-state index contributed by atoms with van der Waals surface area (Å²) < 4.78 is 11.2. The third kappa shape index (κ3) is 7.77. The number of aryl methyl sites for hydroxylation is 2. The molecule has 35 heavy (non-hydrogen) atoms. The van der Waals surface area contributed by atoms with Gasteiger partial charge in [0.25, 0.3) is 0 Å². The fourth-order valence-corrected chi connectivity index (χ4v) is 3.39. The SMILES string of the molecule is Cc1ccc(C(=O)OCc2cc(C(O)CNC(C)(C)C)ccc2OC(=O)c2cccc(C)c2)cc1. The van der Waals surface area contributed by atoms with Crippen LogP contribution in [-0.2, 0) is 11.3 Å². The molecule has 0 saturated carbocycles. The van der Waals surface area contributed by atoms with E-state index in [0.29, 0.717) is 28.8 Å². The van der Waals surface area contributed by atoms with Gasteiger partial charge in [-0.05, 0) is 76.6 Å². The molecule has 0 aliphatic carbocycles. The van der Waals surface area contributed by atoms with E-state index in [-0.39, 0.29) is 17.9 Å². The van der Waals surface area contributed by atoms with Gasteiger partial charge >= 0.3 is 11.9 Å². The van der Waals surface area contributed by atoms with Crippen LogP contribution in [0.25, 0.3) is 0 Å². The van der Waals surface area contributed by atoms with Crippen LogP contribution in [0.4, 0.5) is 0 Å². The Morgan fingerprint density at radius 3 is 2.26 bits per heavy atom. The molecule has 1 unspecified atom stereocenters. The molecule has 6 nitrogen and oxygen atoms in total. The van der Waals surface area contributed by atoms with Crippen molar-refractivity contribution < 1.29 is 24.2 Å². The highest BCUT2D eigenvalue weighted by Crippen LogP contribution is 2.26. The lowest BCUT2D eigenvalue weighted by Crippen LogP contribution is -2.38. The number of β-amino-alcohol motifs (C(OH)–C–C–N with tert-alkyl or cyclic N) is 1. The molecule has 0 amide bonds. The Balaban J connectivity index is 1.83. The number of ether oxygens (including phenoxy) is 2. The van der Waals surface area contributed by atoms with E-state index in [4.69, 9.17) is 9.47 Å². The summed E-state index contributed by atoms with van der Waals surface area (Å²) in [6.45, 7) is 10.1. The normalized spacial score (nSPS) is 12.2. The van der Waals surface area contributed by atoms with Crippen molar-refractivity contribution in [3.05, 3.63) is 100 Å². The molecular formula is C29H33NO5.